The molecule has 0 radical (unpaired) electrons. The number of ketones is 1. The number of carbonyl (C=O) groups excluding carboxylic acids is 5. The first-order valence-electron chi connectivity index (χ1n) is 19.6. The van der Waals surface area contributed by atoms with Gasteiger partial charge in [0.15, 0.2) is 17.5 Å². The van der Waals surface area contributed by atoms with E-state index in [9.17, 15) is 44.4 Å². The van der Waals surface area contributed by atoms with Gasteiger partial charge in [-0.25, -0.2) is 9.59 Å². The third-order valence-corrected chi connectivity index (χ3v) is 13.2. The minimum Gasteiger partial charge on any atom is -0.456 e. The second-order valence-electron chi connectivity index (χ2n) is 16.8. The van der Waals surface area contributed by atoms with Gasteiger partial charge < -0.3 is 44.7 Å². The zero-order chi connectivity index (χ0) is 42.7. The summed E-state index contributed by atoms with van der Waals surface area (Å²) < 4.78 is 24.2. The standard InChI is InChI=1S/C45H49NO13/c1-24-29(57-41(54)35(50)33(26-15-9-6-10-16-26)46-39(52)27-17-11-7-12-18-27)22-45(55)38(58-40(53)28-19-13-8-14-20-28)36-43(5,37(51)34(49)32(24)42(45,3)4)30(48)21-31-44(36,23-56-31)59-25(2)47/h6-20,29-31,33-36,38,48-50,55H,21-23H2,1-5H3,(H,46,52)/t29?,30-,31?,33-,34+,35+,36-,38-,43?,44-,45+/m0/s1. The average molecular weight is 812 g/mol. The fourth-order valence-corrected chi connectivity index (χ4v) is 9.94. The molecule has 7 rings (SSSR count). The fraction of sp³-hybridized carbons (Fsp3) is 0.444. The molecular formula is C45H49NO13. The number of rotatable bonds is 9. The summed E-state index contributed by atoms with van der Waals surface area (Å²) in [5, 5.41) is 51.9. The molecule has 1 saturated heterocycles. The summed E-state index contributed by atoms with van der Waals surface area (Å²) >= 11 is 0. The normalized spacial score (nSPS) is 33.0. The van der Waals surface area contributed by atoms with Crippen LogP contribution in [0, 0.1) is 16.7 Å². The van der Waals surface area contributed by atoms with E-state index >= 15 is 0 Å². The second-order valence-corrected chi connectivity index (χ2v) is 16.8. The Balaban J connectivity index is 1.34. The Morgan fingerprint density at radius 3 is 2.00 bits per heavy atom. The second kappa shape index (κ2) is 15.4. The SMILES string of the molecule is CC(=O)O[C@@]12COC1C[C@H](O)C1(C)C(=O)[C@H](O)C3=C(C)C(OC(=O)[C@H](O)[C@@H](NC(=O)c4ccccc4)c4ccccc4)C[C@@](O)([C@@H](OC(=O)c4ccccc4)[C@@H]12)C3(C)C. The predicted octanol–water partition coefficient (Wildman–Crippen LogP) is 3.16. The molecule has 3 aliphatic carbocycles. The molecule has 2 saturated carbocycles. The van der Waals surface area contributed by atoms with Crippen LogP contribution in [0.15, 0.2) is 102 Å². The lowest BCUT2D eigenvalue weighted by atomic mass is 9.44. The first kappa shape index (κ1) is 41.9. The van der Waals surface area contributed by atoms with Crippen LogP contribution in [0.4, 0.5) is 0 Å². The Morgan fingerprint density at radius 1 is 0.864 bits per heavy atom. The van der Waals surface area contributed by atoms with Crippen molar-refractivity contribution in [2.24, 2.45) is 16.7 Å². The topological polar surface area (TPSA) is 215 Å². The summed E-state index contributed by atoms with van der Waals surface area (Å²) in [4.78, 5) is 69.5. The Kier molecular flexibility index (Phi) is 10.9. The van der Waals surface area contributed by atoms with Gasteiger partial charge in [0, 0.05) is 30.7 Å². The number of Topliss-reactive ketones (excluding diaryl/α,β-unsaturated/α-hetero) is 1. The Labute approximate surface area is 341 Å². The van der Waals surface area contributed by atoms with Crippen molar-refractivity contribution in [3.8, 4) is 0 Å². The molecule has 0 spiro atoms. The van der Waals surface area contributed by atoms with Crippen LogP contribution in [0.3, 0.4) is 0 Å². The summed E-state index contributed by atoms with van der Waals surface area (Å²) in [6.45, 7) is 6.89. The molecule has 4 aliphatic rings. The minimum atomic E-state index is -2.35. The number of fused-ring (bicyclic) bond motifs is 5. The number of benzene rings is 3. The van der Waals surface area contributed by atoms with E-state index in [0.29, 0.717) is 5.56 Å². The molecular weight excluding hydrogens is 762 g/mol. The van der Waals surface area contributed by atoms with Gasteiger partial charge in [-0.15, -0.1) is 0 Å². The molecule has 14 nitrogen and oxygen atoms in total. The van der Waals surface area contributed by atoms with Crippen LogP contribution >= 0.6 is 0 Å². The summed E-state index contributed by atoms with van der Waals surface area (Å²) in [6, 6.07) is 23.1. The Morgan fingerprint density at radius 2 is 1.44 bits per heavy atom. The molecule has 1 aliphatic heterocycles. The van der Waals surface area contributed by atoms with Gasteiger partial charge in [0.1, 0.15) is 30.0 Å². The molecule has 14 heteroatoms. The van der Waals surface area contributed by atoms with Crippen molar-refractivity contribution >= 4 is 29.6 Å². The van der Waals surface area contributed by atoms with Crippen LogP contribution in [0.5, 0.6) is 0 Å². The van der Waals surface area contributed by atoms with Gasteiger partial charge in [-0.3, -0.25) is 14.4 Å². The van der Waals surface area contributed by atoms with Crippen LogP contribution < -0.4 is 5.32 Å². The molecule has 3 unspecified atom stereocenters. The van der Waals surface area contributed by atoms with Gasteiger partial charge in [-0.2, -0.15) is 0 Å². The maximum Gasteiger partial charge on any atom is 0.338 e. The third kappa shape index (κ3) is 6.76. The summed E-state index contributed by atoms with van der Waals surface area (Å²) in [5.74, 6) is -5.89. The third-order valence-electron chi connectivity index (χ3n) is 13.2. The van der Waals surface area contributed by atoms with Crippen molar-refractivity contribution in [2.45, 2.75) is 101 Å². The largest absolute Gasteiger partial charge is 0.456 e. The number of esters is 3. The maximum absolute atomic E-state index is 15.0. The van der Waals surface area contributed by atoms with Crippen LogP contribution in [0.2, 0.25) is 0 Å². The van der Waals surface area contributed by atoms with Crippen molar-refractivity contribution in [3.05, 3.63) is 119 Å². The highest BCUT2D eigenvalue weighted by atomic mass is 16.6. The number of aliphatic hydroxyl groups is 4. The van der Waals surface area contributed by atoms with Crippen molar-refractivity contribution in [3.63, 3.8) is 0 Å². The molecule has 11 atom stereocenters. The van der Waals surface area contributed by atoms with E-state index in [-0.39, 0.29) is 35.3 Å². The molecule has 0 aromatic heterocycles. The van der Waals surface area contributed by atoms with Crippen molar-refractivity contribution in [1.82, 2.24) is 5.32 Å². The highest BCUT2D eigenvalue weighted by Crippen LogP contribution is 2.64. The molecule has 3 fully saturated rings. The summed E-state index contributed by atoms with van der Waals surface area (Å²) in [7, 11) is 0. The Bertz CT molecular complexity index is 2160. The predicted molar refractivity (Wildman–Crippen MR) is 208 cm³/mol. The van der Waals surface area contributed by atoms with E-state index in [1.807, 2.05) is 0 Å². The zero-order valence-electron chi connectivity index (χ0n) is 33.4. The van der Waals surface area contributed by atoms with Gasteiger partial charge in [0.2, 0.25) is 0 Å². The van der Waals surface area contributed by atoms with Crippen LogP contribution in [-0.4, -0.2) is 104 Å². The van der Waals surface area contributed by atoms with E-state index in [1.165, 1.54) is 26.0 Å². The molecule has 5 N–H and O–H groups in total. The number of ether oxygens (including phenoxy) is 4. The lowest BCUT2D eigenvalue weighted by Crippen LogP contribution is -2.81. The number of hydrogen-bond acceptors (Lipinski definition) is 13. The van der Waals surface area contributed by atoms with Crippen molar-refractivity contribution in [1.29, 1.82) is 0 Å². The number of aliphatic hydroxyl groups excluding tert-OH is 3. The van der Waals surface area contributed by atoms with E-state index < -0.39 is 107 Å². The van der Waals surface area contributed by atoms with Gasteiger partial charge in [0.05, 0.1) is 35.6 Å². The summed E-state index contributed by atoms with van der Waals surface area (Å²) in [6.07, 6.45) is -10.5. The van der Waals surface area contributed by atoms with Crippen molar-refractivity contribution in [2.75, 3.05) is 6.61 Å². The smallest absolute Gasteiger partial charge is 0.338 e. The van der Waals surface area contributed by atoms with Crippen molar-refractivity contribution < 1.29 is 63.3 Å². The monoisotopic (exact) mass is 811 g/mol. The van der Waals surface area contributed by atoms with Gasteiger partial charge in [0.25, 0.3) is 5.91 Å². The molecule has 1 heterocycles. The number of carbonyl (C=O) groups is 5. The highest BCUT2D eigenvalue weighted by molar-refractivity contribution is 5.95. The lowest BCUT2D eigenvalue weighted by molar-refractivity contribution is -0.346. The fourth-order valence-electron chi connectivity index (χ4n) is 9.94. The quantitative estimate of drug-likeness (QED) is 0.120. The molecule has 312 valence electrons. The first-order chi connectivity index (χ1) is 27.9. The molecule has 1 amide bonds. The minimum absolute atomic E-state index is 0.0540. The number of amides is 1. The first-order valence-corrected chi connectivity index (χ1v) is 19.6. The molecule has 3 aromatic carbocycles. The molecule has 2 bridgehead atoms. The van der Waals surface area contributed by atoms with Crippen LogP contribution in [-0.2, 0) is 33.3 Å². The Hall–Kier alpha value is -5.25. The lowest BCUT2D eigenvalue weighted by Gasteiger charge is -2.67. The molecule has 59 heavy (non-hydrogen) atoms. The highest BCUT2D eigenvalue weighted by Gasteiger charge is 2.78. The summed E-state index contributed by atoms with van der Waals surface area (Å²) in [5.41, 5.74) is -6.86. The van der Waals surface area contributed by atoms with E-state index in [0.717, 1.165) is 6.92 Å². The van der Waals surface area contributed by atoms with Crippen LogP contribution in [0.25, 0.3) is 0 Å². The maximum atomic E-state index is 15.0. The average Bonchev–Trinajstić information content (AvgIpc) is 3.21. The van der Waals surface area contributed by atoms with Gasteiger partial charge in [-0.05, 0) is 54.8 Å². The number of nitrogens with one attached hydrogen (secondary N) is 1. The van der Waals surface area contributed by atoms with E-state index in [4.69, 9.17) is 18.9 Å². The van der Waals surface area contributed by atoms with E-state index in [2.05, 4.69) is 5.32 Å². The van der Waals surface area contributed by atoms with Gasteiger partial charge in [-0.1, -0.05) is 80.6 Å². The molecule has 3 aromatic rings. The van der Waals surface area contributed by atoms with Gasteiger partial charge >= 0.3 is 17.9 Å². The van der Waals surface area contributed by atoms with Crippen LogP contribution in [0.1, 0.15) is 79.8 Å². The van der Waals surface area contributed by atoms with E-state index in [1.54, 1.807) is 92.7 Å². The number of hydrogen-bond donors (Lipinski definition) is 5. The zero-order valence-corrected chi connectivity index (χ0v) is 33.4.